The Hall–Kier alpha value is -2.39. The van der Waals surface area contributed by atoms with E-state index in [1.54, 1.807) is 0 Å². The number of benzene rings is 1. The molecule has 1 aromatic carbocycles. The van der Waals surface area contributed by atoms with Crippen LogP contribution in [0.1, 0.15) is 43.2 Å². The number of fused-ring (bicyclic) bond motifs is 1. The number of carbonyl (C=O) groups is 2. The van der Waals surface area contributed by atoms with Crippen LogP contribution in [0.3, 0.4) is 0 Å². The molecule has 6 heteroatoms. The third kappa shape index (κ3) is 3.83. The lowest BCUT2D eigenvalue weighted by Gasteiger charge is -2.36. The Labute approximate surface area is 148 Å². The molecule has 2 aliphatic rings. The Balaban J connectivity index is 1.71. The number of hydrogen-bond donors (Lipinski definition) is 2. The van der Waals surface area contributed by atoms with Crippen LogP contribution in [0, 0.1) is 11.3 Å². The van der Waals surface area contributed by atoms with Crippen molar-refractivity contribution in [1.29, 1.82) is 5.26 Å². The number of nitriles is 1. The molecule has 6 nitrogen and oxygen atoms in total. The molecule has 2 amide bonds. The van der Waals surface area contributed by atoms with Crippen molar-refractivity contribution in [2.75, 3.05) is 6.54 Å². The fourth-order valence-electron chi connectivity index (χ4n) is 3.93. The van der Waals surface area contributed by atoms with Crippen molar-refractivity contribution in [3.63, 3.8) is 0 Å². The molecule has 132 valence electrons. The van der Waals surface area contributed by atoms with E-state index in [0.717, 1.165) is 30.4 Å². The van der Waals surface area contributed by atoms with Gasteiger partial charge in [0.2, 0.25) is 11.8 Å². The lowest BCUT2D eigenvalue weighted by Crippen LogP contribution is -2.55. The van der Waals surface area contributed by atoms with Gasteiger partial charge in [-0.2, -0.15) is 5.26 Å². The summed E-state index contributed by atoms with van der Waals surface area (Å²) in [7, 11) is 0. The molecular formula is C19H24N4O2. The van der Waals surface area contributed by atoms with Gasteiger partial charge in [0.25, 0.3) is 0 Å². The van der Waals surface area contributed by atoms with Gasteiger partial charge in [-0.05, 0) is 30.4 Å². The second-order valence-corrected chi connectivity index (χ2v) is 7.10. The highest BCUT2D eigenvalue weighted by molar-refractivity contribution is 5.83. The van der Waals surface area contributed by atoms with Crippen LogP contribution in [0.4, 0.5) is 0 Å². The van der Waals surface area contributed by atoms with Gasteiger partial charge in [-0.15, -0.1) is 0 Å². The van der Waals surface area contributed by atoms with Crippen molar-refractivity contribution >= 4 is 11.8 Å². The van der Waals surface area contributed by atoms with Crippen LogP contribution >= 0.6 is 0 Å². The predicted octanol–water partition coefficient (Wildman–Crippen LogP) is 1.24. The Kier molecular flexibility index (Phi) is 5.05. The topological polar surface area (TPSA) is 99.2 Å². The van der Waals surface area contributed by atoms with Gasteiger partial charge >= 0.3 is 0 Å². The summed E-state index contributed by atoms with van der Waals surface area (Å²) in [5.41, 5.74) is 7.02. The maximum Gasteiger partial charge on any atom is 0.235 e. The fourth-order valence-corrected chi connectivity index (χ4v) is 3.93. The van der Waals surface area contributed by atoms with Crippen LogP contribution in [0.15, 0.2) is 24.3 Å². The molecule has 0 saturated heterocycles. The lowest BCUT2D eigenvalue weighted by atomic mass is 9.83. The zero-order valence-corrected chi connectivity index (χ0v) is 14.3. The summed E-state index contributed by atoms with van der Waals surface area (Å²) in [6, 6.07) is 9.70. The van der Waals surface area contributed by atoms with E-state index in [2.05, 4.69) is 11.4 Å². The van der Waals surface area contributed by atoms with Crippen molar-refractivity contribution in [3.05, 3.63) is 35.4 Å². The summed E-state index contributed by atoms with van der Waals surface area (Å²) >= 11 is 0. The highest BCUT2D eigenvalue weighted by atomic mass is 16.2. The Morgan fingerprint density at radius 2 is 1.92 bits per heavy atom. The van der Waals surface area contributed by atoms with Crippen LogP contribution in [-0.2, 0) is 22.6 Å². The third-order valence-corrected chi connectivity index (χ3v) is 5.32. The zero-order valence-electron chi connectivity index (χ0n) is 14.3. The molecule has 1 heterocycles. The van der Waals surface area contributed by atoms with E-state index >= 15 is 0 Å². The van der Waals surface area contributed by atoms with Crippen molar-refractivity contribution in [2.45, 2.75) is 56.7 Å². The molecule has 0 spiro atoms. The first kappa shape index (κ1) is 17.4. The smallest absolute Gasteiger partial charge is 0.235 e. The van der Waals surface area contributed by atoms with E-state index in [-0.39, 0.29) is 12.5 Å². The first-order valence-electron chi connectivity index (χ1n) is 8.85. The average Bonchev–Trinajstić information content (AvgIpc) is 2.61. The predicted molar refractivity (Wildman–Crippen MR) is 93.1 cm³/mol. The summed E-state index contributed by atoms with van der Waals surface area (Å²) in [4.78, 5) is 26.2. The summed E-state index contributed by atoms with van der Waals surface area (Å²) in [5, 5.41) is 12.4. The minimum Gasteiger partial charge on any atom is -0.368 e. The quantitative estimate of drug-likeness (QED) is 0.861. The molecular weight excluding hydrogens is 316 g/mol. The number of nitrogens with one attached hydrogen (secondary N) is 1. The summed E-state index contributed by atoms with van der Waals surface area (Å²) in [6.07, 6.45) is 4.91. The van der Waals surface area contributed by atoms with Gasteiger partial charge in [0.1, 0.15) is 5.54 Å². The molecule has 1 aliphatic carbocycles. The molecule has 1 aliphatic heterocycles. The molecule has 0 unspecified atom stereocenters. The van der Waals surface area contributed by atoms with Gasteiger partial charge in [0.15, 0.2) is 0 Å². The van der Waals surface area contributed by atoms with Crippen LogP contribution in [0.2, 0.25) is 0 Å². The minimum atomic E-state index is -0.759. The maximum atomic E-state index is 12.6. The molecule has 3 rings (SSSR count). The van der Waals surface area contributed by atoms with E-state index in [1.165, 1.54) is 0 Å². The highest BCUT2D eigenvalue weighted by Crippen LogP contribution is 2.28. The third-order valence-electron chi connectivity index (χ3n) is 5.32. The number of nitrogens with zero attached hydrogens (tertiary/aromatic N) is 2. The second-order valence-electron chi connectivity index (χ2n) is 7.10. The normalized spacial score (nSPS) is 22.4. The second kappa shape index (κ2) is 7.24. The van der Waals surface area contributed by atoms with Gasteiger partial charge < -0.3 is 11.1 Å². The molecule has 25 heavy (non-hydrogen) atoms. The molecule has 0 aromatic heterocycles. The lowest BCUT2D eigenvalue weighted by molar-refractivity contribution is -0.128. The molecule has 0 radical (unpaired) electrons. The van der Waals surface area contributed by atoms with Gasteiger partial charge in [-0.1, -0.05) is 43.5 Å². The highest BCUT2D eigenvalue weighted by Gasteiger charge is 2.36. The van der Waals surface area contributed by atoms with Crippen LogP contribution in [0.25, 0.3) is 0 Å². The zero-order chi connectivity index (χ0) is 17.9. The molecule has 0 bridgehead atoms. The van der Waals surface area contributed by atoms with E-state index in [4.69, 9.17) is 5.73 Å². The Morgan fingerprint density at radius 3 is 2.56 bits per heavy atom. The number of primary amides is 1. The summed E-state index contributed by atoms with van der Waals surface area (Å²) in [5.74, 6) is -0.635. The first-order chi connectivity index (χ1) is 12.0. The number of carbonyl (C=O) groups excluding carboxylic acids is 2. The van der Waals surface area contributed by atoms with Gasteiger partial charge in [0.05, 0.1) is 18.7 Å². The van der Waals surface area contributed by atoms with Crippen molar-refractivity contribution in [3.8, 4) is 6.07 Å². The molecule has 1 atom stereocenters. The van der Waals surface area contributed by atoms with E-state index < -0.39 is 17.5 Å². The fraction of sp³-hybridized carbons (Fsp3) is 0.526. The van der Waals surface area contributed by atoms with E-state index in [0.29, 0.717) is 25.8 Å². The van der Waals surface area contributed by atoms with Crippen molar-refractivity contribution in [1.82, 2.24) is 10.2 Å². The summed E-state index contributed by atoms with van der Waals surface area (Å²) in [6.45, 7) is 0.585. The van der Waals surface area contributed by atoms with Gasteiger partial charge in [-0.25, -0.2) is 0 Å². The van der Waals surface area contributed by atoms with Crippen LogP contribution in [0.5, 0.6) is 0 Å². The Bertz CT molecular complexity index is 704. The maximum absolute atomic E-state index is 12.6. The van der Waals surface area contributed by atoms with Crippen molar-refractivity contribution in [2.24, 2.45) is 5.73 Å². The number of amides is 2. The van der Waals surface area contributed by atoms with Crippen LogP contribution in [-0.4, -0.2) is 34.8 Å². The average molecular weight is 340 g/mol. The number of nitrogens with two attached hydrogens (primary N) is 1. The first-order valence-corrected chi connectivity index (χ1v) is 8.85. The van der Waals surface area contributed by atoms with Crippen molar-refractivity contribution < 1.29 is 9.59 Å². The molecule has 1 fully saturated rings. The molecule has 1 aromatic rings. The van der Waals surface area contributed by atoms with E-state index in [9.17, 15) is 14.9 Å². The molecule has 1 saturated carbocycles. The minimum absolute atomic E-state index is 0.0748. The SMILES string of the molecule is N#CC1(NC(=O)CN2Cc3ccccc3C[C@H]2C(N)=O)CCCCC1. The van der Waals surface area contributed by atoms with Crippen LogP contribution < -0.4 is 11.1 Å². The molecule has 3 N–H and O–H groups in total. The monoisotopic (exact) mass is 340 g/mol. The van der Waals surface area contributed by atoms with E-state index in [1.807, 2.05) is 29.2 Å². The largest absolute Gasteiger partial charge is 0.368 e. The number of hydrogen-bond acceptors (Lipinski definition) is 4. The van der Waals surface area contributed by atoms with Gasteiger partial charge in [0, 0.05) is 6.54 Å². The number of rotatable bonds is 4. The van der Waals surface area contributed by atoms with Gasteiger partial charge in [-0.3, -0.25) is 14.5 Å². The standard InChI is InChI=1S/C19H24N4O2/c20-13-19(8-4-1-5-9-19)22-17(24)12-23-11-15-7-3-2-6-14(15)10-16(23)18(21)25/h2-3,6-7,16H,1,4-5,8-12H2,(H2,21,25)(H,22,24)/t16-/m0/s1. The summed E-state index contributed by atoms with van der Waals surface area (Å²) < 4.78 is 0. The Morgan fingerprint density at radius 1 is 1.24 bits per heavy atom.